The Balaban J connectivity index is 1.48. The van der Waals surface area contributed by atoms with Gasteiger partial charge in [0.15, 0.2) is 0 Å². The van der Waals surface area contributed by atoms with Gasteiger partial charge >= 0.3 is 12.1 Å². The van der Waals surface area contributed by atoms with Crippen molar-refractivity contribution in [2.75, 3.05) is 26.7 Å². The number of imide groups is 1. The molecule has 1 aromatic rings. The average Bonchev–Trinajstić information content (AvgIpc) is 2.91. The summed E-state index contributed by atoms with van der Waals surface area (Å²) < 4.78 is 6.03. The zero-order valence-electron chi connectivity index (χ0n) is 20.0. The number of benzene rings is 1. The summed E-state index contributed by atoms with van der Waals surface area (Å²) in [5.74, 6) is -0.223. The molecule has 3 aliphatic rings. The summed E-state index contributed by atoms with van der Waals surface area (Å²) in [6, 6.07) is 9.79. The Morgan fingerprint density at radius 3 is 2.45 bits per heavy atom. The first-order valence-electron chi connectivity index (χ1n) is 11.8. The minimum Gasteiger partial charge on any atom is -0.465 e. The van der Waals surface area contributed by atoms with Crippen molar-refractivity contribution in [3.05, 3.63) is 35.9 Å². The highest BCUT2D eigenvalue weighted by molar-refractivity contribution is 6.07. The van der Waals surface area contributed by atoms with Crippen LogP contribution in [0.3, 0.4) is 0 Å². The van der Waals surface area contributed by atoms with E-state index in [1.54, 1.807) is 11.9 Å². The van der Waals surface area contributed by atoms with Gasteiger partial charge in [-0.2, -0.15) is 0 Å². The first-order valence-corrected chi connectivity index (χ1v) is 11.8. The van der Waals surface area contributed by atoms with Gasteiger partial charge < -0.3 is 19.6 Å². The smallest absolute Gasteiger partial charge is 0.407 e. The summed E-state index contributed by atoms with van der Waals surface area (Å²) in [6.45, 7) is 7.64. The number of urea groups is 1. The zero-order chi connectivity index (χ0) is 24.0. The highest BCUT2D eigenvalue weighted by Crippen LogP contribution is 2.49. The van der Waals surface area contributed by atoms with E-state index in [0.717, 1.165) is 18.4 Å². The van der Waals surface area contributed by atoms with Crippen molar-refractivity contribution in [2.24, 2.45) is 17.3 Å². The summed E-state index contributed by atoms with van der Waals surface area (Å²) in [7, 11) is 1.54. The molecule has 33 heavy (non-hydrogen) atoms. The Bertz CT molecular complexity index is 908. The van der Waals surface area contributed by atoms with Crippen LogP contribution in [0.25, 0.3) is 0 Å². The largest absolute Gasteiger partial charge is 0.465 e. The fourth-order valence-electron chi connectivity index (χ4n) is 5.78. The molecule has 2 saturated heterocycles. The fraction of sp³-hybridized carbons (Fsp3) is 0.640. The molecule has 4 rings (SSSR count). The maximum absolute atomic E-state index is 13.5. The van der Waals surface area contributed by atoms with Crippen molar-refractivity contribution >= 4 is 18.0 Å². The van der Waals surface area contributed by atoms with Crippen molar-refractivity contribution in [2.45, 2.75) is 58.3 Å². The molecule has 0 bridgehead atoms. The Labute approximate surface area is 195 Å². The van der Waals surface area contributed by atoms with E-state index in [-0.39, 0.29) is 48.4 Å². The van der Waals surface area contributed by atoms with Gasteiger partial charge in [-0.15, -0.1) is 0 Å². The van der Waals surface area contributed by atoms with Gasteiger partial charge in [-0.05, 0) is 36.2 Å². The molecule has 2 aliphatic heterocycles. The number of carbonyl (C=O) groups excluding carboxylic acids is 2. The van der Waals surface area contributed by atoms with Gasteiger partial charge in [-0.25, -0.2) is 9.59 Å². The molecule has 2 heterocycles. The Morgan fingerprint density at radius 2 is 1.85 bits per heavy atom. The Morgan fingerprint density at radius 1 is 1.18 bits per heavy atom. The summed E-state index contributed by atoms with van der Waals surface area (Å²) in [4.78, 5) is 42.8. The molecule has 8 nitrogen and oxygen atoms in total. The van der Waals surface area contributed by atoms with E-state index in [4.69, 9.17) is 4.74 Å². The number of likely N-dealkylation sites (N-methyl/N-ethyl adjacent to an activating group) is 1. The number of piperidine rings is 1. The monoisotopic (exact) mass is 457 g/mol. The number of ether oxygens (including phenoxy) is 1. The number of nitrogens with zero attached hydrogens (tertiary/aromatic N) is 3. The van der Waals surface area contributed by atoms with Gasteiger partial charge in [0.05, 0.1) is 12.7 Å². The highest BCUT2D eigenvalue weighted by Gasteiger charge is 2.64. The van der Waals surface area contributed by atoms with E-state index in [1.165, 1.54) is 9.80 Å². The Kier molecular flexibility index (Phi) is 6.16. The highest BCUT2D eigenvalue weighted by atomic mass is 16.5. The van der Waals surface area contributed by atoms with Crippen molar-refractivity contribution < 1.29 is 24.2 Å². The lowest BCUT2D eigenvalue weighted by atomic mass is 9.64. The summed E-state index contributed by atoms with van der Waals surface area (Å²) >= 11 is 0. The molecule has 2 unspecified atom stereocenters. The molecule has 1 N–H and O–H groups in total. The molecule has 180 valence electrons. The van der Waals surface area contributed by atoms with Crippen LogP contribution in [0, 0.1) is 17.3 Å². The standard InChI is InChI=1S/C25H35N3O5/c1-24(2,3)20-15-27(23(31)32)11-10-25(20)21(29)26(4)22(30)28(25)14-18-12-19(13-18)33-16-17-8-6-5-7-9-17/h5-9,18-20H,10-16H2,1-4H3,(H,31,32). The van der Waals surface area contributed by atoms with E-state index in [1.807, 2.05) is 51.1 Å². The molecule has 4 amide bonds. The van der Waals surface area contributed by atoms with Gasteiger partial charge in [0.1, 0.15) is 5.54 Å². The lowest BCUT2D eigenvalue weighted by Crippen LogP contribution is -2.66. The van der Waals surface area contributed by atoms with E-state index < -0.39 is 11.6 Å². The second kappa shape index (κ2) is 8.63. The molecule has 3 fully saturated rings. The number of likely N-dealkylation sites (tertiary alicyclic amines) is 1. The minimum absolute atomic E-state index is 0.157. The topological polar surface area (TPSA) is 90.4 Å². The summed E-state index contributed by atoms with van der Waals surface area (Å²) in [5.41, 5.74) is -0.208. The molecule has 1 saturated carbocycles. The number of amides is 4. The van der Waals surface area contributed by atoms with Crippen molar-refractivity contribution in [3.8, 4) is 0 Å². The molecule has 1 aliphatic carbocycles. The van der Waals surface area contributed by atoms with Crippen LogP contribution in [0.4, 0.5) is 9.59 Å². The fourth-order valence-corrected chi connectivity index (χ4v) is 5.78. The molecule has 1 aromatic carbocycles. The van der Waals surface area contributed by atoms with E-state index >= 15 is 0 Å². The summed E-state index contributed by atoms with van der Waals surface area (Å²) in [5, 5.41) is 9.58. The molecule has 0 radical (unpaired) electrons. The van der Waals surface area contributed by atoms with Crippen LogP contribution in [-0.2, 0) is 16.1 Å². The molecule has 2 atom stereocenters. The van der Waals surface area contributed by atoms with Gasteiger partial charge in [0, 0.05) is 32.6 Å². The molecule has 1 spiro atoms. The third-order valence-corrected chi connectivity index (χ3v) is 7.69. The van der Waals surface area contributed by atoms with Crippen LogP contribution in [0.2, 0.25) is 0 Å². The van der Waals surface area contributed by atoms with Gasteiger partial charge in [0.2, 0.25) is 0 Å². The van der Waals surface area contributed by atoms with Crippen molar-refractivity contribution in [1.82, 2.24) is 14.7 Å². The maximum atomic E-state index is 13.5. The molecule has 8 heteroatoms. The second-order valence-corrected chi connectivity index (χ2v) is 10.8. The number of carbonyl (C=O) groups is 3. The molecule has 0 aromatic heterocycles. The predicted molar refractivity (Wildman–Crippen MR) is 123 cm³/mol. The number of rotatable bonds is 5. The average molecular weight is 458 g/mol. The van der Waals surface area contributed by atoms with Crippen LogP contribution in [0.15, 0.2) is 30.3 Å². The second-order valence-electron chi connectivity index (χ2n) is 10.8. The van der Waals surface area contributed by atoms with Crippen LogP contribution in [-0.4, -0.2) is 76.2 Å². The quantitative estimate of drug-likeness (QED) is 0.682. The van der Waals surface area contributed by atoms with E-state index in [0.29, 0.717) is 19.6 Å². The molecular formula is C25H35N3O5. The number of hydrogen-bond acceptors (Lipinski definition) is 4. The maximum Gasteiger partial charge on any atom is 0.407 e. The third kappa shape index (κ3) is 4.21. The first-order chi connectivity index (χ1) is 15.5. The van der Waals surface area contributed by atoms with Crippen molar-refractivity contribution in [1.29, 1.82) is 0 Å². The van der Waals surface area contributed by atoms with Crippen LogP contribution in [0.5, 0.6) is 0 Å². The van der Waals surface area contributed by atoms with Crippen molar-refractivity contribution in [3.63, 3.8) is 0 Å². The lowest BCUT2D eigenvalue weighted by Gasteiger charge is -2.53. The third-order valence-electron chi connectivity index (χ3n) is 7.69. The zero-order valence-corrected chi connectivity index (χ0v) is 20.0. The van der Waals surface area contributed by atoms with Gasteiger partial charge in [-0.3, -0.25) is 9.69 Å². The summed E-state index contributed by atoms with van der Waals surface area (Å²) in [6.07, 6.45) is 1.22. The van der Waals surface area contributed by atoms with Crippen LogP contribution < -0.4 is 0 Å². The van der Waals surface area contributed by atoms with Gasteiger partial charge in [0.25, 0.3) is 5.91 Å². The van der Waals surface area contributed by atoms with Crippen LogP contribution >= 0.6 is 0 Å². The minimum atomic E-state index is -0.994. The lowest BCUT2D eigenvalue weighted by molar-refractivity contribution is -0.143. The van der Waals surface area contributed by atoms with Crippen LogP contribution in [0.1, 0.15) is 45.6 Å². The normalized spacial score (nSPS) is 30.2. The predicted octanol–water partition coefficient (Wildman–Crippen LogP) is 3.66. The van der Waals surface area contributed by atoms with E-state index in [9.17, 15) is 19.5 Å². The van der Waals surface area contributed by atoms with Gasteiger partial charge in [-0.1, -0.05) is 51.1 Å². The molecular weight excluding hydrogens is 422 g/mol. The SMILES string of the molecule is CN1C(=O)N(CC2CC(OCc3ccccc3)C2)C2(CCN(C(=O)O)CC2C(C)(C)C)C1=O. The number of carboxylic acid groups (broad SMARTS) is 1. The first kappa shape index (κ1) is 23.5. The number of hydrogen-bond donors (Lipinski definition) is 1. The Hall–Kier alpha value is -2.61. The van der Waals surface area contributed by atoms with E-state index in [2.05, 4.69) is 0 Å².